The Hall–Kier alpha value is -2.46. The van der Waals surface area contributed by atoms with Crippen molar-refractivity contribution in [2.24, 2.45) is 5.92 Å². The molecule has 0 unspecified atom stereocenters. The van der Waals surface area contributed by atoms with Crippen molar-refractivity contribution in [3.05, 3.63) is 40.4 Å². The van der Waals surface area contributed by atoms with Gasteiger partial charge in [0.1, 0.15) is 11.5 Å². The van der Waals surface area contributed by atoms with Crippen molar-refractivity contribution in [3.63, 3.8) is 0 Å². The van der Waals surface area contributed by atoms with E-state index in [-0.39, 0.29) is 6.54 Å². The highest BCUT2D eigenvalue weighted by Crippen LogP contribution is 2.35. The number of urea groups is 1. The quantitative estimate of drug-likeness (QED) is 0.466. The molecule has 0 radical (unpaired) electrons. The summed E-state index contributed by atoms with van der Waals surface area (Å²) in [5, 5.41) is 5.39. The van der Waals surface area contributed by atoms with Crippen LogP contribution in [0.5, 0.6) is 16.7 Å². The molecule has 11 heteroatoms. The van der Waals surface area contributed by atoms with Crippen LogP contribution in [0.3, 0.4) is 0 Å². The molecule has 0 atom stereocenters. The maximum atomic E-state index is 12.0. The van der Waals surface area contributed by atoms with Gasteiger partial charge in [0, 0.05) is 25.4 Å². The number of halogens is 4. The lowest BCUT2D eigenvalue weighted by Crippen LogP contribution is -2.37. The lowest BCUT2D eigenvalue weighted by atomic mass is 10.3. The molecular weight excluding hydrogens is 455 g/mol. The van der Waals surface area contributed by atoms with Gasteiger partial charge in [-0.3, -0.25) is 0 Å². The van der Waals surface area contributed by atoms with Crippen LogP contribution in [-0.4, -0.2) is 36.9 Å². The molecule has 0 spiro atoms. The molecule has 1 aromatic carbocycles. The SMILES string of the molecule is O=C(NC/C=C/c1cnc(Oc2ccc(OCC3CC3)cc2Cl)s1)NCCC(F)(F)F. The summed E-state index contributed by atoms with van der Waals surface area (Å²) < 4.78 is 47.5. The Labute approximate surface area is 186 Å². The van der Waals surface area contributed by atoms with E-state index in [1.54, 1.807) is 36.5 Å². The Morgan fingerprint density at radius 1 is 1.32 bits per heavy atom. The van der Waals surface area contributed by atoms with Gasteiger partial charge in [-0.25, -0.2) is 9.78 Å². The van der Waals surface area contributed by atoms with Gasteiger partial charge < -0.3 is 20.1 Å². The van der Waals surface area contributed by atoms with Gasteiger partial charge in [-0.2, -0.15) is 13.2 Å². The minimum absolute atomic E-state index is 0.153. The van der Waals surface area contributed by atoms with Crippen LogP contribution in [0, 0.1) is 5.92 Å². The van der Waals surface area contributed by atoms with Gasteiger partial charge >= 0.3 is 12.2 Å². The number of hydrogen-bond acceptors (Lipinski definition) is 5. The van der Waals surface area contributed by atoms with Crippen LogP contribution in [0.25, 0.3) is 6.08 Å². The summed E-state index contributed by atoms with van der Waals surface area (Å²) in [5.74, 6) is 1.81. The molecule has 2 amide bonds. The van der Waals surface area contributed by atoms with Crippen molar-refractivity contribution >= 4 is 35.0 Å². The van der Waals surface area contributed by atoms with Crippen LogP contribution in [0.4, 0.5) is 18.0 Å². The van der Waals surface area contributed by atoms with Crippen LogP contribution >= 0.6 is 22.9 Å². The fourth-order valence-corrected chi connectivity index (χ4v) is 3.27. The van der Waals surface area contributed by atoms with E-state index >= 15 is 0 Å². The number of nitrogens with zero attached hydrogens (tertiary/aromatic N) is 1. The smallest absolute Gasteiger partial charge is 0.390 e. The third-order valence-electron chi connectivity index (χ3n) is 4.14. The van der Waals surface area contributed by atoms with Crippen LogP contribution in [-0.2, 0) is 0 Å². The standard InChI is InChI=1S/C20H21ClF3N3O3S/c21-16-10-14(29-12-13-3-4-13)5-6-17(16)30-19-27-11-15(31-19)2-1-8-25-18(28)26-9-7-20(22,23)24/h1-2,5-6,10-11,13H,3-4,7-9,12H2,(H2,25,26,28)/b2-1+. The van der Waals surface area contributed by atoms with Gasteiger partial charge in [0.05, 0.1) is 22.9 Å². The van der Waals surface area contributed by atoms with E-state index in [2.05, 4.69) is 15.6 Å². The van der Waals surface area contributed by atoms with Crippen molar-refractivity contribution in [2.45, 2.75) is 25.4 Å². The normalized spacial score (nSPS) is 13.9. The second-order valence-electron chi connectivity index (χ2n) is 6.88. The lowest BCUT2D eigenvalue weighted by molar-refractivity contribution is -0.132. The largest absolute Gasteiger partial charge is 0.493 e. The molecule has 2 N–H and O–H groups in total. The molecule has 1 aliphatic carbocycles. The predicted molar refractivity (Wildman–Crippen MR) is 113 cm³/mol. The summed E-state index contributed by atoms with van der Waals surface area (Å²) in [7, 11) is 0. The van der Waals surface area contributed by atoms with E-state index in [1.165, 1.54) is 24.2 Å². The summed E-state index contributed by atoms with van der Waals surface area (Å²) >= 11 is 7.53. The fourth-order valence-electron chi connectivity index (χ4n) is 2.35. The van der Waals surface area contributed by atoms with E-state index in [0.717, 1.165) is 4.88 Å². The highest BCUT2D eigenvalue weighted by Gasteiger charge is 2.26. The number of thiazole rings is 1. The monoisotopic (exact) mass is 475 g/mol. The number of amides is 2. The molecule has 1 saturated carbocycles. The minimum atomic E-state index is -4.30. The molecule has 3 rings (SSSR count). The first-order valence-corrected chi connectivity index (χ1v) is 10.8. The Bertz CT molecular complexity index is 917. The first kappa shape index (κ1) is 23.2. The summed E-state index contributed by atoms with van der Waals surface area (Å²) in [4.78, 5) is 16.3. The third kappa shape index (κ3) is 8.66. The number of carbonyl (C=O) groups excluding carboxylic acids is 1. The van der Waals surface area contributed by atoms with Crippen LogP contribution in [0.15, 0.2) is 30.5 Å². The average molecular weight is 476 g/mol. The maximum Gasteiger partial charge on any atom is 0.390 e. The number of rotatable bonds is 10. The van der Waals surface area contributed by atoms with Gasteiger partial charge in [0.25, 0.3) is 5.19 Å². The molecule has 168 valence electrons. The summed E-state index contributed by atoms with van der Waals surface area (Å²) in [6.07, 6.45) is 2.02. The van der Waals surface area contributed by atoms with E-state index in [1.807, 2.05) is 0 Å². The van der Waals surface area contributed by atoms with Crippen LogP contribution < -0.4 is 20.1 Å². The van der Waals surface area contributed by atoms with Gasteiger partial charge in [-0.1, -0.05) is 29.0 Å². The molecule has 0 saturated heterocycles. The van der Waals surface area contributed by atoms with Crippen molar-refractivity contribution < 1.29 is 27.4 Å². The first-order valence-electron chi connectivity index (χ1n) is 9.59. The predicted octanol–water partition coefficient (Wildman–Crippen LogP) is 5.64. The molecule has 6 nitrogen and oxygen atoms in total. The van der Waals surface area contributed by atoms with Gasteiger partial charge in [-0.15, -0.1) is 0 Å². The zero-order valence-corrected chi connectivity index (χ0v) is 17.9. The lowest BCUT2D eigenvalue weighted by Gasteiger charge is -2.08. The number of ether oxygens (including phenoxy) is 2. The van der Waals surface area contributed by atoms with E-state index < -0.39 is 25.2 Å². The Balaban J connectivity index is 1.41. The van der Waals surface area contributed by atoms with Gasteiger partial charge in [-0.05, 0) is 37.0 Å². The second-order valence-corrected chi connectivity index (χ2v) is 8.31. The molecule has 31 heavy (non-hydrogen) atoms. The highest BCUT2D eigenvalue weighted by molar-refractivity contribution is 7.14. The summed E-state index contributed by atoms with van der Waals surface area (Å²) in [6, 6.07) is 4.56. The average Bonchev–Trinajstić information content (AvgIpc) is 3.42. The van der Waals surface area contributed by atoms with Gasteiger partial charge in [0.2, 0.25) is 0 Å². The fraction of sp³-hybridized carbons (Fsp3) is 0.400. The van der Waals surface area contributed by atoms with Crippen molar-refractivity contribution in [2.75, 3.05) is 19.7 Å². The van der Waals surface area contributed by atoms with Gasteiger partial charge in [0.15, 0.2) is 0 Å². The number of hydrogen-bond donors (Lipinski definition) is 2. The molecule has 2 aromatic rings. The molecule has 1 aromatic heterocycles. The van der Waals surface area contributed by atoms with E-state index in [4.69, 9.17) is 21.1 Å². The van der Waals surface area contributed by atoms with Crippen LogP contribution in [0.1, 0.15) is 24.1 Å². The third-order valence-corrected chi connectivity index (χ3v) is 5.28. The Kier molecular flexibility index (Phi) is 8.03. The molecule has 0 bridgehead atoms. The Morgan fingerprint density at radius 3 is 2.84 bits per heavy atom. The summed E-state index contributed by atoms with van der Waals surface area (Å²) in [5.41, 5.74) is 0. The molecule has 0 aliphatic heterocycles. The number of aromatic nitrogens is 1. The number of carbonyl (C=O) groups is 1. The molecule has 1 fully saturated rings. The minimum Gasteiger partial charge on any atom is -0.493 e. The van der Waals surface area contributed by atoms with Crippen LogP contribution in [0.2, 0.25) is 5.02 Å². The second kappa shape index (κ2) is 10.7. The zero-order valence-electron chi connectivity index (χ0n) is 16.4. The molecule has 1 heterocycles. The highest BCUT2D eigenvalue weighted by atomic mass is 35.5. The number of benzene rings is 1. The van der Waals surface area contributed by atoms with Crippen molar-refractivity contribution in [1.82, 2.24) is 15.6 Å². The number of alkyl halides is 3. The van der Waals surface area contributed by atoms with E-state index in [9.17, 15) is 18.0 Å². The topological polar surface area (TPSA) is 72.5 Å². The number of nitrogens with one attached hydrogen (secondary N) is 2. The van der Waals surface area contributed by atoms with E-state index in [0.29, 0.717) is 34.2 Å². The first-order chi connectivity index (χ1) is 14.8. The molecular formula is C20H21ClF3N3O3S. The molecule has 1 aliphatic rings. The van der Waals surface area contributed by atoms with Crippen molar-refractivity contribution in [1.29, 1.82) is 0 Å². The summed E-state index contributed by atoms with van der Waals surface area (Å²) in [6.45, 7) is 0.383. The zero-order chi connectivity index (χ0) is 22.3. The Morgan fingerprint density at radius 2 is 2.13 bits per heavy atom. The maximum absolute atomic E-state index is 12.0. The van der Waals surface area contributed by atoms with Crippen molar-refractivity contribution in [3.8, 4) is 16.7 Å².